The maximum absolute atomic E-state index is 12.7. The van der Waals surface area contributed by atoms with Crippen molar-refractivity contribution >= 4 is 21.7 Å². The predicted octanol–water partition coefficient (Wildman–Crippen LogP) is 1.73. The Morgan fingerprint density at radius 3 is 2.26 bits per heavy atom. The molecule has 0 bridgehead atoms. The molecule has 0 unspecified atom stereocenters. The first-order chi connectivity index (χ1) is 12.9. The van der Waals surface area contributed by atoms with Crippen LogP contribution in [0.5, 0.6) is 0 Å². The first-order valence-electron chi connectivity index (χ1n) is 8.94. The van der Waals surface area contributed by atoms with Crippen molar-refractivity contribution in [1.29, 1.82) is 0 Å². The number of nitrogens with one attached hydrogen (secondary N) is 1. The quantitative estimate of drug-likeness (QED) is 0.844. The second-order valence-electron chi connectivity index (χ2n) is 6.77. The van der Waals surface area contributed by atoms with E-state index in [4.69, 9.17) is 0 Å². The Morgan fingerprint density at radius 1 is 1.04 bits per heavy atom. The van der Waals surface area contributed by atoms with Crippen LogP contribution in [0.2, 0.25) is 0 Å². The second kappa shape index (κ2) is 8.06. The number of carbonyl (C=O) groups excluding carboxylic acids is 1. The van der Waals surface area contributed by atoms with E-state index in [1.54, 1.807) is 37.1 Å². The van der Waals surface area contributed by atoms with Gasteiger partial charge in [-0.15, -0.1) is 0 Å². The number of aromatic nitrogens is 1. The van der Waals surface area contributed by atoms with Crippen molar-refractivity contribution in [3.05, 3.63) is 54.2 Å². The number of anilines is 1. The fourth-order valence-electron chi connectivity index (χ4n) is 3.02. The van der Waals surface area contributed by atoms with Gasteiger partial charge < -0.3 is 9.80 Å². The lowest BCUT2D eigenvalue weighted by Gasteiger charge is -2.35. The number of carbonyl (C=O) groups is 1. The molecule has 3 rings (SSSR count). The number of amides is 1. The number of pyridine rings is 1. The molecule has 144 valence electrons. The lowest BCUT2D eigenvalue weighted by Crippen LogP contribution is -2.49. The van der Waals surface area contributed by atoms with Gasteiger partial charge in [-0.2, -0.15) is 0 Å². The van der Waals surface area contributed by atoms with Crippen molar-refractivity contribution < 1.29 is 13.2 Å². The van der Waals surface area contributed by atoms with Crippen molar-refractivity contribution in [3.8, 4) is 0 Å². The maximum Gasteiger partial charge on any atom is 0.253 e. The highest BCUT2D eigenvalue weighted by Crippen LogP contribution is 2.16. The third kappa shape index (κ3) is 4.64. The zero-order valence-electron chi connectivity index (χ0n) is 15.5. The van der Waals surface area contributed by atoms with Crippen molar-refractivity contribution in [2.24, 2.45) is 0 Å². The van der Waals surface area contributed by atoms with Crippen LogP contribution in [0.3, 0.4) is 0 Å². The number of piperazine rings is 1. The fraction of sp³-hybridized carbons (Fsp3) is 0.368. The van der Waals surface area contributed by atoms with Crippen LogP contribution in [0.1, 0.15) is 24.2 Å². The average Bonchev–Trinajstić information content (AvgIpc) is 2.67. The van der Waals surface area contributed by atoms with Gasteiger partial charge >= 0.3 is 0 Å². The summed E-state index contributed by atoms with van der Waals surface area (Å²) in [6, 6.07) is 11.7. The van der Waals surface area contributed by atoms with E-state index in [1.807, 2.05) is 18.2 Å². The predicted molar refractivity (Wildman–Crippen MR) is 104 cm³/mol. The molecule has 1 aromatic carbocycles. The molecule has 2 aromatic rings. The number of rotatable bonds is 5. The Balaban J connectivity index is 1.63. The van der Waals surface area contributed by atoms with E-state index < -0.39 is 10.0 Å². The number of hydrogen-bond donors (Lipinski definition) is 1. The van der Waals surface area contributed by atoms with E-state index >= 15 is 0 Å². The van der Waals surface area contributed by atoms with E-state index in [1.165, 1.54) is 12.1 Å². The topological polar surface area (TPSA) is 82.6 Å². The van der Waals surface area contributed by atoms with Gasteiger partial charge in [0.15, 0.2) is 0 Å². The van der Waals surface area contributed by atoms with Crippen molar-refractivity contribution in [3.63, 3.8) is 0 Å². The van der Waals surface area contributed by atoms with Crippen LogP contribution in [0.4, 0.5) is 5.82 Å². The zero-order valence-corrected chi connectivity index (χ0v) is 16.3. The molecule has 0 aliphatic carbocycles. The van der Waals surface area contributed by atoms with Gasteiger partial charge in [-0.05, 0) is 50.2 Å². The zero-order chi connectivity index (χ0) is 19.4. The molecule has 1 saturated heterocycles. The van der Waals surface area contributed by atoms with E-state index in [2.05, 4.69) is 14.6 Å². The van der Waals surface area contributed by atoms with Crippen molar-refractivity contribution in [1.82, 2.24) is 14.6 Å². The number of nitrogens with zero attached hydrogens (tertiary/aromatic N) is 3. The molecule has 0 atom stereocenters. The Morgan fingerprint density at radius 2 is 1.70 bits per heavy atom. The minimum atomic E-state index is -3.55. The summed E-state index contributed by atoms with van der Waals surface area (Å²) < 4.78 is 26.9. The molecule has 8 heteroatoms. The number of sulfonamides is 1. The lowest BCUT2D eigenvalue weighted by atomic mass is 10.2. The van der Waals surface area contributed by atoms with Crippen LogP contribution in [-0.4, -0.2) is 56.4 Å². The van der Waals surface area contributed by atoms with E-state index in [9.17, 15) is 13.2 Å². The van der Waals surface area contributed by atoms with Gasteiger partial charge in [0.05, 0.1) is 4.90 Å². The molecular weight excluding hydrogens is 364 g/mol. The normalized spacial score (nSPS) is 15.2. The van der Waals surface area contributed by atoms with Crippen LogP contribution < -0.4 is 9.62 Å². The van der Waals surface area contributed by atoms with Crippen LogP contribution in [0, 0.1) is 0 Å². The molecule has 1 aliphatic heterocycles. The summed E-state index contributed by atoms with van der Waals surface area (Å²) in [6.45, 7) is 6.16. The molecular formula is C19H24N4O3S. The van der Waals surface area contributed by atoms with Crippen LogP contribution >= 0.6 is 0 Å². The molecule has 27 heavy (non-hydrogen) atoms. The molecule has 0 radical (unpaired) electrons. The van der Waals surface area contributed by atoms with Crippen LogP contribution in [-0.2, 0) is 10.0 Å². The molecule has 1 fully saturated rings. The lowest BCUT2D eigenvalue weighted by molar-refractivity contribution is 0.0746. The third-order valence-electron chi connectivity index (χ3n) is 4.34. The SMILES string of the molecule is CC(C)NS(=O)(=O)c1ccc(C(=O)N2CCN(c3ccccn3)CC2)cc1. The van der Waals surface area contributed by atoms with Gasteiger partial charge in [0.2, 0.25) is 10.0 Å². The summed E-state index contributed by atoms with van der Waals surface area (Å²) in [5.74, 6) is 0.827. The summed E-state index contributed by atoms with van der Waals surface area (Å²) in [5, 5.41) is 0. The number of hydrogen-bond acceptors (Lipinski definition) is 5. The van der Waals surface area contributed by atoms with Gasteiger partial charge in [-0.25, -0.2) is 18.1 Å². The maximum atomic E-state index is 12.7. The highest BCUT2D eigenvalue weighted by molar-refractivity contribution is 7.89. The average molecular weight is 388 g/mol. The first-order valence-corrected chi connectivity index (χ1v) is 10.4. The summed E-state index contributed by atoms with van der Waals surface area (Å²) in [5.41, 5.74) is 0.491. The highest BCUT2D eigenvalue weighted by Gasteiger charge is 2.23. The van der Waals surface area contributed by atoms with Gasteiger partial charge in [0.1, 0.15) is 5.82 Å². The second-order valence-corrected chi connectivity index (χ2v) is 8.48. The highest BCUT2D eigenvalue weighted by atomic mass is 32.2. The monoisotopic (exact) mass is 388 g/mol. The minimum absolute atomic E-state index is 0.0866. The standard InChI is InChI=1S/C19H24N4O3S/c1-15(2)21-27(25,26)17-8-6-16(7-9-17)19(24)23-13-11-22(12-14-23)18-5-3-4-10-20-18/h3-10,15,21H,11-14H2,1-2H3. The Kier molecular flexibility index (Phi) is 5.76. The number of benzene rings is 1. The van der Waals surface area contributed by atoms with Gasteiger partial charge in [-0.1, -0.05) is 6.07 Å². The largest absolute Gasteiger partial charge is 0.353 e. The van der Waals surface area contributed by atoms with Crippen molar-refractivity contribution in [2.45, 2.75) is 24.8 Å². The van der Waals surface area contributed by atoms with Gasteiger partial charge in [0, 0.05) is 44.0 Å². The fourth-order valence-corrected chi connectivity index (χ4v) is 4.27. The summed E-state index contributed by atoms with van der Waals surface area (Å²) in [4.78, 5) is 21.1. The van der Waals surface area contributed by atoms with Gasteiger partial charge in [-0.3, -0.25) is 4.79 Å². The molecule has 1 amide bonds. The summed E-state index contributed by atoms with van der Waals surface area (Å²) in [7, 11) is -3.55. The molecule has 0 spiro atoms. The first kappa shape index (κ1) is 19.3. The molecule has 2 heterocycles. The smallest absolute Gasteiger partial charge is 0.253 e. The molecule has 1 N–H and O–H groups in total. The summed E-state index contributed by atoms with van der Waals surface area (Å²) in [6.07, 6.45) is 1.76. The molecule has 1 aromatic heterocycles. The summed E-state index contributed by atoms with van der Waals surface area (Å²) >= 11 is 0. The Labute approximate surface area is 160 Å². The Bertz CT molecular complexity index is 875. The minimum Gasteiger partial charge on any atom is -0.353 e. The molecule has 7 nitrogen and oxygen atoms in total. The third-order valence-corrected chi connectivity index (χ3v) is 6.02. The van der Waals surface area contributed by atoms with Gasteiger partial charge in [0.25, 0.3) is 5.91 Å². The van der Waals surface area contributed by atoms with Crippen LogP contribution in [0.25, 0.3) is 0 Å². The van der Waals surface area contributed by atoms with E-state index in [-0.39, 0.29) is 16.8 Å². The van der Waals surface area contributed by atoms with E-state index in [0.717, 1.165) is 5.82 Å². The molecule has 0 saturated carbocycles. The van der Waals surface area contributed by atoms with E-state index in [0.29, 0.717) is 31.7 Å². The molecule has 1 aliphatic rings. The van der Waals surface area contributed by atoms with Crippen LogP contribution in [0.15, 0.2) is 53.6 Å². The van der Waals surface area contributed by atoms with Crippen molar-refractivity contribution in [2.75, 3.05) is 31.1 Å². The Hall–Kier alpha value is -2.45.